The van der Waals surface area contributed by atoms with E-state index in [-0.39, 0.29) is 24.4 Å². The summed E-state index contributed by atoms with van der Waals surface area (Å²) >= 11 is 0. The third-order valence-electron chi connectivity index (χ3n) is 2.67. The van der Waals surface area contributed by atoms with Crippen LogP contribution in [0, 0.1) is 0 Å². The van der Waals surface area contributed by atoms with E-state index < -0.39 is 23.9 Å². The van der Waals surface area contributed by atoms with E-state index in [1.807, 2.05) is 0 Å². The molecular weight excluding hydrogens is 293 g/mol. The Hall–Kier alpha value is -2.03. The van der Waals surface area contributed by atoms with Gasteiger partial charge in [-0.05, 0) is 18.0 Å². The Morgan fingerprint density at radius 2 is 2.14 bits per heavy atom. The van der Waals surface area contributed by atoms with Crippen molar-refractivity contribution in [2.24, 2.45) is 5.11 Å². The molecule has 2 atom stereocenters. The number of nitrogens with zero attached hydrogens (tertiary/aromatic N) is 4. The lowest BCUT2D eigenvalue weighted by molar-refractivity contribution is -0.138. The second kappa shape index (κ2) is 7.11. The summed E-state index contributed by atoms with van der Waals surface area (Å²) in [5.41, 5.74) is 6.74. The van der Waals surface area contributed by atoms with Gasteiger partial charge in [0.15, 0.2) is 0 Å². The molecule has 1 aromatic heterocycles. The zero-order chi connectivity index (χ0) is 16.0. The van der Waals surface area contributed by atoms with Crippen LogP contribution in [0.2, 0.25) is 0 Å². The number of hydrogen-bond donors (Lipinski definition) is 2. The van der Waals surface area contributed by atoms with Gasteiger partial charge in [0.2, 0.25) is 5.88 Å². The van der Waals surface area contributed by atoms with Crippen molar-refractivity contribution in [2.45, 2.75) is 24.8 Å². The molecule has 2 unspecified atom stereocenters. The van der Waals surface area contributed by atoms with Crippen molar-refractivity contribution in [3.63, 3.8) is 0 Å². The molecule has 2 N–H and O–H groups in total. The summed E-state index contributed by atoms with van der Waals surface area (Å²) in [6, 6.07) is 0.660. The van der Waals surface area contributed by atoms with Gasteiger partial charge in [-0.25, -0.2) is 4.98 Å². The summed E-state index contributed by atoms with van der Waals surface area (Å²) in [5, 5.41) is 22.8. The molecule has 7 nitrogen and oxygen atoms in total. The fourth-order valence-corrected chi connectivity index (χ4v) is 1.61. The molecule has 0 spiro atoms. The van der Waals surface area contributed by atoms with E-state index in [1.54, 1.807) is 0 Å². The maximum Gasteiger partial charge on any atom is 0.417 e. The SMILES string of the molecule is COc1ncc(C(F)(F)F)cc1C(O)C(O)CCN=[N+]=[N-]. The summed E-state index contributed by atoms with van der Waals surface area (Å²) in [6.07, 6.45) is -7.26. The van der Waals surface area contributed by atoms with Crippen LogP contribution in [0.5, 0.6) is 5.88 Å². The van der Waals surface area contributed by atoms with Crippen molar-refractivity contribution in [3.05, 3.63) is 33.8 Å². The topological polar surface area (TPSA) is 111 Å². The first-order chi connectivity index (χ1) is 9.81. The molecule has 0 aliphatic carbocycles. The minimum atomic E-state index is -4.64. The number of pyridine rings is 1. The minimum Gasteiger partial charge on any atom is -0.481 e. The molecule has 0 bridgehead atoms. The largest absolute Gasteiger partial charge is 0.481 e. The Bertz CT molecular complexity index is 532. The van der Waals surface area contributed by atoms with Gasteiger partial charge < -0.3 is 14.9 Å². The van der Waals surface area contributed by atoms with Gasteiger partial charge in [-0.15, -0.1) is 0 Å². The van der Waals surface area contributed by atoms with Crippen molar-refractivity contribution in [2.75, 3.05) is 13.7 Å². The van der Waals surface area contributed by atoms with E-state index in [4.69, 9.17) is 10.3 Å². The molecule has 1 aromatic rings. The van der Waals surface area contributed by atoms with Crippen LogP contribution >= 0.6 is 0 Å². The van der Waals surface area contributed by atoms with Gasteiger partial charge in [0, 0.05) is 23.2 Å². The van der Waals surface area contributed by atoms with Crippen LogP contribution < -0.4 is 4.74 Å². The fraction of sp³-hybridized carbons (Fsp3) is 0.545. The number of aliphatic hydroxyl groups excluding tert-OH is 2. The molecule has 0 aromatic carbocycles. The number of ether oxygens (including phenoxy) is 1. The fourth-order valence-electron chi connectivity index (χ4n) is 1.61. The number of rotatable bonds is 6. The molecule has 0 saturated heterocycles. The molecule has 0 amide bonds. The van der Waals surface area contributed by atoms with Crippen LogP contribution in [0.4, 0.5) is 13.2 Å². The first-order valence-corrected chi connectivity index (χ1v) is 5.79. The number of halogens is 3. The Balaban J connectivity index is 3.05. The first-order valence-electron chi connectivity index (χ1n) is 5.79. The summed E-state index contributed by atoms with van der Waals surface area (Å²) in [6.45, 7) is -0.108. The maximum absolute atomic E-state index is 12.6. The Kier molecular flexibility index (Phi) is 5.77. The van der Waals surface area contributed by atoms with E-state index in [2.05, 4.69) is 15.0 Å². The molecule has 0 saturated carbocycles. The molecule has 0 aliphatic heterocycles. The van der Waals surface area contributed by atoms with Crippen LogP contribution in [0.1, 0.15) is 23.7 Å². The zero-order valence-electron chi connectivity index (χ0n) is 10.9. The third kappa shape index (κ3) is 4.48. The minimum absolute atomic E-state index is 0.108. The molecule has 21 heavy (non-hydrogen) atoms. The van der Waals surface area contributed by atoms with Crippen molar-refractivity contribution >= 4 is 0 Å². The highest BCUT2D eigenvalue weighted by molar-refractivity contribution is 5.33. The summed E-state index contributed by atoms with van der Waals surface area (Å²) < 4.78 is 42.7. The van der Waals surface area contributed by atoms with Gasteiger partial charge in [-0.2, -0.15) is 13.2 Å². The lowest BCUT2D eigenvalue weighted by Gasteiger charge is -2.20. The van der Waals surface area contributed by atoms with Crippen molar-refractivity contribution in [1.29, 1.82) is 0 Å². The number of aliphatic hydroxyl groups is 2. The van der Waals surface area contributed by atoms with Crippen molar-refractivity contribution in [1.82, 2.24) is 4.98 Å². The van der Waals surface area contributed by atoms with Crippen LogP contribution in [0.3, 0.4) is 0 Å². The number of hydrogen-bond acceptors (Lipinski definition) is 5. The Labute approximate surface area is 117 Å². The molecule has 1 heterocycles. The van der Waals surface area contributed by atoms with Gasteiger partial charge >= 0.3 is 6.18 Å². The Morgan fingerprint density at radius 1 is 1.48 bits per heavy atom. The van der Waals surface area contributed by atoms with Crippen LogP contribution in [0.25, 0.3) is 10.4 Å². The van der Waals surface area contributed by atoms with Crippen LogP contribution in [0.15, 0.2) is 17.4 Å². The lowest BCUT2D eigenvalue weighted by Crippen LogP contribution is -2.21. The first kappa shape index (κ1) is 17.0. The summed E-state index contributed by atoms with van der Waals surface area (Å²) in [4.78, 5) is 5.93. The number of alkyl halides is 3. The number of aromatic nitrogens is 1. The highest BCUT2D eigenvalue weighted by atomic mass is 19.4. The van der Waals surface area contributed by atoms with Crippen LogP contribution in [-0.4, -0.2) is 35.0 Å². The van der Waals surface area contributed by atoms with Gasteiger partial charge in [-0.3, -0.25) is 0 Å². The average molecular weight is 306 g/mol. The van der Waals surface area contributed by atoms with E-state index in [0.29, 0.717) is 12.3 Å². The van der Waals surface area contributed by atoms with Gasteiger partial charge in [0.1, 0.15) is 6.10 Å². The van der Waals surface area contributed by atoms with Crippen molar-refractivity contribution in [3.8, 4) is 5.88 Å². The van der Waals surface area contributed by atoms with E-state index in [1.165, 1.54) is 7.11 Å². The summed E-state index contributed by atoms with van der Waals surface area (Å²) in [7, 11) is 1.18. The highest BCUT2D eigenvalue weighted by Crippen LogP contribution is 2.34. The van der Waals surface area contributed by atoms with E-state index in [0.717, 1.165) is 0 Å². The van der Waals surface area contributed by atoms with E-state index in [9.17, 15) is 23.4 Å². The van der Waals surface area contributed by atoms with E-state index >= 15 is 0 Å². The van der Waals surface area contributed by atoms with Crippen molar-refractivity contribution < 1.29 is 28.1 Å². The second-order valence-electron chi connectivity index (χ2n) is 4.08. The predicted octanol–water partition coefficient (Wildman–Crippen LogP) is 2.20. The smallest absolute Gasteiger partial charge is 0.417 e. The highest BCUT2D eigenvalue weighted by Gasteiger charge is 2.33. The zero-order valence-corrected chi connectivity index (χ0v) is 10.9. The van der Waals surface area contributed by atoms with Gasteiger partial charge in [0.25, 0.3) is 0 Å². The molecule has 0 aliphatic rings. The summed E-state index contributed by atoms with van der Waals surface area (Å²) in [5.74, 6) is -0.224. The monoisotopic (exact) mass is 306 g/mol. The molecule has 1 rings (SSSR count). The maximum atomic E-state index is 12.6. The quantitative estimate of drug-likeness (QED) is 0.476. The standard InChI is InChI=1S/C11H13F3N4O3/c1-21-10-7(4-6(5-16-10)11(12,13)14)9(20)8(19)2-3-17-18-15/h4-5,8-9,19-20H,2-3H2,1H3. The molecule has 0 fully saturated rings. The van der Waals surface area contributed by atoms with Gasteiger partial charge in [0.05, 0.1) is 18.8 Å². The molecule has 116 valence electrons. The van der Waals surface area contributed by atoms with Gasteiger partial charge in [-0.1, -0.05) is 5.11 Å². The number of methoxy groups -OCH3 is 1. The Morgan fingerprint density at radius 3 is 2.67 bits per heavy atom. The molecule has 10 heteroatoms. The normalized spacial score (nSPS) is 14.2. The average Bonchev–Trinajstić information content (AvgIpc) is 2.44. The van der Waals surface area contributed by atoms with Crippen LogP contribution in [-0.2, 0) is 6.18 Å². The third-order valence-corrected chi connectivity index (χ3v) is 2.67. The predicted molar refractivity (Wildman–Crippen MR) is 65.4 cm³/mol. The molecular formula is C11H13F3N4O3. The second-order valence-corrected chi connectivity index (χ2v) is 4.08. The lowest BCUT2D eigenvalue weighted by atomic mass is 10.0. The number of azide groups is 1. The molecule has 0 radical (unpaired) electrons.